The molecule has 3 aromatic carbocycles. The van der Waals surface area contributed by atoms with Gasteiger partial charge in [-0.2, -0.15) is 13.2 Å². The molecule has 0 bridgehead atoms. The Bertz CT molecular complexity index is 1560. The Kier molecular flexibility index (Phi) is 5.06. The third-order valence-corrected chi connectivity index (χ3v) is 5.53. The van der Waals surface area contributed by atoms with Crippen molar-refractivity contribution in [2.45, 2.75) is 6.18 Å². The number of hydrogen-bond acceptors (Lipinski definition) is 3. The van der Waals surface area contributed by atoms with E-state index in [4.69, 9.17) is 11.6 Å². The average Bonchev–Trinajstić information content (AvgIpc) is 2.80. The van der Waals surface area contributed by atoms with Gasteiger partial charge in [0.15, 0.2) is 0 Å². The lowest BCUT2D eigenvalue weighted by atomic mass is 10.1. The van der Waals surface area contributed by atoms with Gasteiger partial charge in [0.05, 0.1) is 16.6 Å². The number of hydrogen-bond donors (Lipinski definition) is 1. The molecule has 2 heterocycles. The Labute approximate surface area is 190 Å². The molecule has 0 saturated heterocycles. The molecular weight excluding hydrogens is 451 g/mol. The first-order valence-electron chi connectivity index (χ1n) is 9.94. The monoisotopic (exact) mass is 465 g/mol. The molecule has 0 radical (unpaired) electrons. The van der Waals surface area contributed by atoms with Gasteiger partial charge in [-0.05, 0) is 66.7 Å². The van der Waals surface area contributed by atoms with Crippen LogP contribution in [0.2, 0.25) is 5.02 Å². The molecule has 0 atom stereocenters. The number of rotatable bonds is 3. The summed E-state index contributed by atoms with van der Waals surface area (Å²) in [6.07, 6.45) is -2.92. The molecular formula is C25H15ClF3N3O. The van der Waals surface area contributed by atoms with Crippen molar-refractivity contribution in [2.24, 2.45) is 0 Å². The van der Waals surface area contributed by atoms with Crippen molar-refractivity contribution in [3.05, 3.63) is 106 Å². The summed E-state index contributed by atoms with van der Waals surface area (Å²) < 4.78 is 41.3. The van der Waals surface area contributed by atoms with Gasteiger partial charge in [-0.25, -0.2) is 0 Å². The van der Waals surface area contributed by atoms with Gasteiger partial charge < -0.3 is 5.32 Å². The Morgan fingerprint density at radius 3 is 2.39 bits per heavy atom. The smallest absolute Gasteiger partial charge is 0.356 e. The molecule has 0 spiro atoms. The van der Waals surface area contributed by atoms with Crippen molar-refractivity contribution in [3.63, 3.8) is 0 Å². The van der Waals surface area contributed by atoms with Crippen molar-refractivity contribution in [1.29, 1.82) is 0 Å². The Balaban J connectivity index is 1.74. The van der Waals surface area contributed by atoms with E-state index in [1.807, 2.05) is 24.3 Å². The minimum Gasteiger partial charge on any atom is -0.356 e. The molecule has 8 heteroatoms. The quantitative estimate of drug-likeness (QED) is 0.293. The summed E-state index contributed by atoms with van der Waals surface area (Å²) in [7, 11) is 0. The molecule has 0 aliphatic heterocycles. The fourth-order valence-electron chi connectivity index (χ4n) is 3.77. The molecule has 2 aromatic heterocycles. The van der Waals surface area contributed by atoms with Crippen LogP contribution in [-0.4, -0.2) is 9.55 Å². The van der Waals surface area contributed by atoms with Crippen LogP contribution in [0.15, 0.2) is 89.9 Å². The first-order chi connectivity index (χ1) is 15.8. The normalized spacial score (nSPS) is 11.8. The summed E-state index contributed by atoms with van der Waals surface area (Å²) >= 11 is 5.95. The second-order valence-corrected chi connectivity index (χ2v) is 7.92. The molecule has 1 N–H and O–H groups in total. The highest BCUT2D eigenvalue weighted by Gasteiger charge is 2.30. The van der Waals surface area contributed by atoms with E-state index in [0.717, 1.165) is 23.5 Å². The summed E-state index contributed by atoms with van der Waals surface area (Å²) in [5.41, 5.74) is 1.48. The van der Waals surface area contributed by atoms with E-state index in [-0.39, 0.29) is 5.69 Å². The van der Waals surface area contributed by atoms with Gasteiger partial charge in [-0.1, -0.05) is 17.7 Å². The maximum Gasteiger partial charge on any atom is 0.416 e. The van der Waals surface area contributed by atoms with Gasteiger partial charge in [-0.15, -0.1) is 0 Å². The number of anilines is 2. The maximum absolute atomic E-state index is 13.3. The highest BCUT2D eigenvalue weighted by atomic mass is 35.5. The van der Waals surface area contributed by atoms with Crippen LogP contribution in [-0.2, 0) is 6.18 Å². The molecule has 0 fully saturated rings. The number of halogens is 4. The molecule has 0 unspecified atom stereocenters. The summed E-state index contributed by atoms with van der Waals surface area (Å²) in [5.74, 6) is 0. The van der Waals surface area contributed by atoms with Crippen molar-refractivity contribution in [3.8, 4) is 5.69 Å². The maximum atomic E-state index is 13.3. The van der Waals surface area contributed by atoms with Gasteiger partial charge in [0, 0.05) is 45.1 Å². The van der Waals surface area contributed by atoms with E-state index >= 15 is 0 Å². The molecule has 5 aromatic rings. The minimum atomic E-state index is -4.52. The van der Waals surface area contributed by atoms with E-state index in [1.165, 1.54) is 22.8 Å². The van der Waals surface area contributed by atoms with Crippen molar-refractivity contribution >= 4 is 44.8 Å². The summed E-state index contributed by atoms with van der Waals surface area (Å²) in [4.78, 5) is 17.3. The number of aromatic nitrogens is 2. The molecule has 4 nitrogen and oxygen atoms in total. The summed E-state index contributed by atoms with van der Waals surface area (Å²) in [6.45, 7) is 0. The van der Waals surface area contributed by atoms with Gasteiger partial charge in [0.1, 0.15) is 0 Å². The summed E-state index contributed by atoms with van der Waals surface area (Å²) in [6, 6.07) is 20.3. The number of nitrogens with one attached hydrogen (secondary N) is 1. The number of benzene rings is 3. The van der Waals surface area contributed by atoms with Crippen molar-refractivity contribution in [1.82, 2.24) is 9.55 Å². The van der Waals surface area contributed by atoms with E-state index in [2.05, 4.69) is 10.3 Å². The second kappa shape index (κ2) is 7.94. The largest absolute Gasteiger partial charge is 0.416 e. The Hall–Kier alpha value is -3.84. The predicted molar refractivity (Wildman–Crippen MR) is 125 cm³/mol. The van der Waals surface area contributed by atoms with Crippen molar-refractivity contribution in [2.75, 3.05) is 5.32 Å². The van der Waals surface area contributed by atoms with E-state index in [0.29, 0.717) is 26.8 Å². The van der Waals surface area contributed by atoms with E-state index in [1.54, 1.807) is 30.5 Å². The Morgan fingerprint density at radius 2 is 1.64 bits per heavy atom. The number of alkyl halides is 3. The van der Waals surface area contributed by atoms with Crippen LogP contribution in [0.4, 0.5) is 24.5 Å². The van der Waals surface area contributed by atoms with E-state index < -0.39 is 17.3 Å². The fourth-order valence-corrected chi connectivity index (χ4v) is 3.89. The Morgan fingerprint density at radius 1 is 0.879 bits per heavy atom. The van der Waals surface area contributed by atoms with Crippen LogP contribution in [0.25, 0.3) is 27.5 Å². The molecule has 33 heavy (non-hydrogen) atoms. The highest BCUT2D eigenvalue weighted by Crippen LogP contribution is 2.32. The molecule has 0 aliphatic rings. The minimum absolute atomic E-state index is 0.129. The molecule has 0 aliphatic carbocycles. The third kappa shape index (κ3) is 4.03. The molecule has 0 amide bonds. The average molecular weight is 466 g/mol. The second-order valence-electron chi connectivity index (χ2n) is 7.48. The summed E-state index contributed by atoms with van der Waals surface area (Å²) in [5, 5.41) is 5.13. The lowest BCUT2D eigenvalue weighted by Gasteiger charge is -2.15. The number of nitrogens with zero attached hydrogens (tertiary/aromatic N) is 2. The predicted octanol–water partition coefficient (Wildman–Crippen LogP) is 6.95. The van der Waals surface area contributed by atoms with Crippen LogP contribution in [0.3, 0.4) is 0 Å². The van der Waals surface area contributed by atoms with Crippen LogP contribution in [0.1, 0.15) is 5.56 Å². The lowest BCUT2D eigenvalue weighted by molar-refractivity contribution is -0.137. The van der Waals surface area contributed by atoms with Gasteiger partial charge in [-0.3, -0.25) is 14.3 Å². The van der Waals surface area contributed by atoms with Crippen molar-refractivity contribution < 1.29 is 13.2 Å². The van der Waals surface area contributed by atoms with Gasteiger partial charge in [0.25, 0.3) is 5.56 Å². The zero-order chi connectivity index (χ0) is 23.2. The highest BCUT2D eigenvalue weighted by molar-refractivity contribution is 6.30. The van der Waals surface area contributed by atoms with Crippen LogP contribution in [0.5, 0.6) is 0 Å². The zero-order valence-corrected chi connectivity index (χ0v) is 17.7. The fraction of sp³-hybridized carbons (Fsp3) is 0.0400. The van der Waals surface area contributed by atoms with Gasteiger partial charge in [0.2, 0.25) is 0 Å². The van der Waals surface area contributed by atoms with Crippen LogP contribution < -0.4 is 10.9 Å². The first kappa shape index (κ1) is 21.0. The topological polar surface area (TPSA) is 46.9 Å². The number of fused-ring (bicyclic) bond motifs is 3. The molecule has 0 saturated carbocycles. The lowest BCUT2D eigenvalue weighted by Crippen LogP contribution is -2.18. The van der Waals surface area contributed by atoms with Gasteiger partial charge >= 0.3 is 6.18 Å². The molecule has 164 valence electrons. The van der Waals surface area contributed by atoms with Crippen LogP contribution in [0, 0.1) is 0 Å². The third-order valence-electron chi connectivity index (χ3n) is 5.28. The molecule has 5 rings (SSSR count). The zero-order valence-electron chi connectivity index (χ0n) is 16.9. The first-order valence-corrected chi connectivity index (χ1v) is 10.3. The van der Waals surface area contributed by atoms with E-state index in [9.17, 15) is 18.0 Å². The SMILES string of the molecule is O=c1ccc2cnc3ccc(Nc4ccc(Cl)cc4)cc3c2n1-c1cccc(C(F)(F)F)c1. The number of pyridine rings is 2. The van der Waals surface area contributed by atoms with Crippen LogP contribution >= 0.6 is 11.6 Å². The standard InChI is InChI=1S/C25H15ClF3N3O/c26-17-5-7-18(8-6-17)31-19-9-10-22-21(13-19)24-15(14-30-22)4-11-23(33)32(24)20-3-1-2-16(12-20)25(27,28)29/h1-14,31H.